The standard InChI is InChI=1S/C24H25N3O4/c1-16-14-20(28)23(26-27(16)18-8-4-3-5-9-18)24(29)25-17-12-13-21(30-2)22(15-17)31-19-10-6-7-11-19/h3-5,8-9,12-15,19H,6-7,10-11H2,1-2H3,(H,25,29). The van der Waals surface area contributed by atoms with E-state index in [0.717, 1.165) is 31.4 Å². The van der Waals surface area contributed by atoms with E-state index in [4.69, 9.17) is 9.47 Å². The van der Waals surface area contributed by atoms with Crippen molar-refractivity contribution in [2.24, 2.45) is 0 Å². The van der Waals surface area contributed by atoms with Crippen LogP contribution in [0.1, 0.15) is 41.9 Å². The average Bonchev–Trinajstić information content (AvgIpc) is 3.28. The molecule has 3 aromatic rings. The van der Waals surface area contributed by atoms with Gasteiger partial charge in [-0.15, -0.1) is 0 Å². The fourth-order valence-corrected chi connectivity index (χ4v) is 3.76. The molecule has 31 heavy (non-hydrogen) atoms. The maximum atomic E-state index is 12.9. The first-order valence-electron chi connectivity index (χ1n) is 10.4. The van der Waals surface area contributed by atoms with E-state index in [1.807, 2.05) is 30.3 Å². The van der Waals surface area contributed by atoms with Gasteiger partial charge in [0.25, 0.3) is 5.91 Å². The molecule has 0 atom stereocenters. The summed E-state index contributed by atoms with van der Waals surface area (Å²) in [4.78, 5) is 25.4. The summed E-state index contributed by atoms with van der Waals surface area (Å²) in [6.45, 7) is 1.78. The van der Waals surface area contributed by atoms with Crippen molar-refractivity contribution in [1.82, 2.24) is 9.78 Å². The second kappa shape index (κ2) is 9.04. The SMILES string of the molecule is COc1ccc(NC(=O)c2nn(-c3ccccc3)c(C)cc2=O)cc1OC1CCCC1. The summed E-state index contributed by atoms with van der Waals surface area (Å²) in [5.74, 6) is 0.599. The first-order chi connectivity index (χ1) is 15.0. The monoisotopic (exact) mass is 419 g/mol. The van der Waals surface area contributed by atoms with E-state index in [9.17, 15) is 9.59 Å². The molecule has 1 saturated carbocycles. The van der Waals surface area contributed by atoms with Gasteiger partial charge in [0.15, 0.2) is 17.2 Å². The van der Waals surface area contributed by atoms with Crippen molar-refractivity contribution in [2.45, 2.75) is 38.7 Å². The Kier molecular flexibility index (Phi) is 6.02. The molecule has 4 rings (SSSR count). The van der Waals surface area contributed by atoms with Crippen molar-refractivity contribution in [1.29, 1.82) is 0 Å². The lowest BCUT2D eigenvalue weighted by Gasteiger charge is -2.17. The van der Waals surface area contributed by atoms with Gasteiger partial charge in [-0.2, -0.15) is 5.10 Å². The van der Waals surface area contributed by atoms with Gasteiger partial charge in [-0.05, 0) is 56.9 Å². The van der Waals surface area contributed by atoms with Gasteiger partial charge in [-0.3, -0.25) is 9.59 Å². The molecule has 1 N–H and O–H groups in total. The number of nitrogens with zero attached hydrogens (tertiary/aromatic N) is 2. The van der Waals surface area contributed by atoms with Gasteiger partial charge in [-0.1, -0.05) is 18.2 Å². The Bertz CT molecular complexity index is 1140. The van der Waals surface area contributed by atoms with E-state index in [-0.39, 0.29) is 11.8 Å². The van der Waals surface area contributed by atoms with Gasteiger partial charge in [0, 0.05) is 23.5 Å². The molecule has 1 heterocycles. The predicted octanol–water partition coefficient (Wildman–Crippen LogP) is 4.12. The molecular weight excluding hydrogens is 394 g/mol. The van der Waals surface area contributed by atoms with Crippen LogP contribution in [0.4, 0.5) is 5.69 Å². The highest BCUT2D eigenvalue weighted by atomic mass is 16.5. The van der Waals surface area contributed by atoms with Crippen molar-refractivity contribution in [3.63, 3.8) is 0 Å². The molecule has 160 valence electrons. The van der Waals surface area contributed by atoms with Crippen LogP contribution in [0.2, 0.25) is 0 Å². The van der Waals surface area contributed by atoms with Crippen LogP contribution in [0, 0.1) is 6.92 Å². The van der Waals surface area contributed by atoms with E-state index in [1.54, 1.807) is 36.9 Å². The number of nitrogens with one attached hydrogen (secondary N) is 1. The van der Waals surface area contributed by atoms with E-state index in [1.165, 1.54) is 6.07 Å². The van der Waals surface area contributed by atoms with E-state index in [2.05, 4.69) is 10.4 Å². The molecule has 0 radical (unpaired) electrons. The van der Waals surface area contributed by atoms with Crippen LogP contribution >= 0.6 is 0 Å². The van der Waals surface area contributed by atoms with Gasteiger partial charge in [-0.25, -0.2) is 4.68 Å². The highest BCUT2D eigenvalue weighted by molar-refractivity contribution is 6.02. The first kappa shape index (κ1) is 20.7. The third-order valence-electron chi connectivity index (χ3n) is 5.34. The number of rotatable bonds is 6. The van der Waals surface area contributed by atoms with Gasteiger partial charge in [0.1, 0.15) is 0 Å². The number of hydrogen-bond donors (Lipinski definition) is 1. The molecule has 1 amide bonds. The second-order valence-corrected chi connectivity index (χ2v) is 7.59. The number of anilines is 1. The summed E-state index contributed by atoms with van der Waals surface area (Å²) in [5, 5.41) is 7.08. The largest absolute Gasteiger partial charge is 0.493 e. The number of aromatic nitrogens is 2. The number of methoxy groups -OCH3 is 1. The summed E-state index contributed by atoms with van der Waals surface area (Å²) < 4.78 is 13.1. The minimum atomic E-state index is -0.577. The minimum Gasteiger partial charge on any atom is -0.493 e. The van der Waals surface area contributed by atoms with E-state index in [0.29, 0.717) is 22.9 Å². The highest BCUT2D eigenvalue weighted by Crippen LogP contribution is 2.34. The van der Waals surface area contributed by atoms with Crippen LogP contribution in [0.5, 0.6) is 11.5 Å². The number of carbonyl (C=O) groups excluding carboxylic acids is 1. The van der Waals surface area contributed by atoms with Gasteiger partial charge >= 0.3 is 0 Å². The maximum absolute atomic E-state index is 12.9. The number of ether oxygens (including phenoxy) is 2. The normalized spacial score (nSPS) is 13.7. The lowest BCUT2D eigenvalue weighted by Crippen LogP contribution is -2.27. The fourth-order valence-electron chi connectivity index (χ4n) is 3.76. The molecule has 0 spiro atoms. The first-order valence-corrected chi connectivity index (χ1v) is 10.4. The average molecular weight is 419 g/mol. The summed E-state index contributed by atoms with van der Waals surface area (Å²) in [7, 11) is 1.58. The smallest absolute Gasteiger partial charge is 0.280 e. The molecular formula is C24H25N3O4. The number of para-hydroxylation sites is 1. The molecule has 1 aliphatic rings. The van der Waals surface area contributed by atoms with E-state index >= 15 is 0 Å². The highest BCUT2D eigenvalue weighted by Gasteiger charge is 2.20. The topological polar surface area (TPSA) is 82.5 Å². The van der Waals surface area contributed by atoms with Crippen LogP contribution in [-0.2, 0) is 0 Å². The molecule has 0 saturated heterocycles. The Labute approximate surface area is 180 Å². The molecule has 0 aliphatic heterocycles. The Balaban J connectivity index is 1.60. The molecule has 0 unspecified atom stereocenters. The number of aryl methyl sites for hydroxylation is 1. The zero-order chi connectivity index (χ0) is 21.8. The van der Waals surface area contributed by atoms with Crippen LogP contribution < -0.4 is 20.2 Å². The molecule has 1 aromatic heterocycles. The third-order valence-corrected chi connectivity index (χ3v) is 5.34. The van der Waals surface area contributed by atoms with Crippen molar-refractivity contribution in [2.75, 3.05) is 12.4 Å². The Hall–Kier alpha value is -3.61. The lowest BCUT2D eigenvalue weighted by atomic mass is 10.2. The summed E-state index contributed by atoms with van der Waals surface area (Å²) in [6.07, 6.45) is 4.46. The molecule has 1 aliphatic carbocycles. The van der Waals surface area contributed by atoms with Crippen LogP contribution in [0.15, 0.2) is 59.4 Å². The van der Waals surface area contributed by atoms with Crippen LogP contribution in [-0.4, -0.2) is 28.9 Å². The third kappa shape index (κ3) is 4.60. The van der Waals surface area contributed by atoms with Crippen molar-refractivity contribution < 1.29 is 14.3 Å². The Morgan fingerprint density at radius 1 is 1.06 bits per heavy atom. The van der Waals surface area contributed by atoms with Crippen LogP contribution in [0.3, 0.4) is 0 Å². The van der Waals surface area contributed by atoms with Gasteiger partial charge in [0.05, 0.1) is 18.9 Å². The van der Waals surface area contributed by atoms with Gasteiger partial charge < -0.3 is 14.8 Å². The van der Waals surface area contributed by atoms with Gasteiger partial charge in [0.2, 0.25) is 5.43 Å². The molecule has 2 aromatic carbocycles. The molecule has 7 heteroatoms. The van der Waals surface area contributed by atoms with E-state index < -0.39 is 11.3 Å². The second-order valence-electron chi connectivity index (χ2n) is 7.59. The van der Waals surface area contributed by atoms with Crippen molar-refractivity contribution >= 4 is 11.6 Å². The van der Waals surface area contributed by atoms with Crippen molar-refractivity contribution in [3.8, 4) is 17.2 Å². The molecule has 1 fully saturated rings. The molecule has 0 bridgehead atoms. The Morgan fingerprint density at radius 2 is 1.81 bits per heavy atom. The molecule has 7 nitrogen and oxygen atoms in total. The van der Waals surface area contributed by atoms with Crippen LogP contribution in [0.25, 0.3) is 5.69 Å². The summed E-state index contributed by atoms with van der Waals surface area (Å²) in [5.41, 5.74) is 1.31. The minimum absolute atomic E-state index is 0.150. The van der Waals surface area contributed by atoms with Crippen molar-refractivity contribution in [3.05, 3.63) is 76.2 Å². The summed E-state index contributed by atoms with van der Waals surface area (Å²) >= 11 is 0. The number of benzene rings is 2. The zero-order valence-corrected chi connectivity index (χ0v) is 17.6. The maximum Gasteiger partial charge on any atom is 0.280 e. The predicted molar refractivity (Wildman–Crippen MR) is 118 cm³/mol. The lowest BCUT2D eigenvalue weighted by molar-refractivity contribution is 0.101. The summed E-state index contributed by atoms with van der Waals surface area (Å²) in [6, 6.07) is 16.0. The zero-order valence-electron chi connectivity index (χ0n) is 17.6. The quantitative estimate of drug-likeness (QED) is 0.650. The number of amides is 1. The Morgan fingerprint density at radius 3 is 2.52 bits per heavy atom. The fraction of sp³-hybridized carbons (Fsp3) is 0.292. The number of hydrogen-bond acceptors (Lipinski definition) is 5. The number of carbonyl (C=O) groups is 1.